The van der Waals surface area contributed by atoms with Gasteiger partial charge in [-0.3, -0.25) is 4.79 Å². The van der Waals surface area contributed by atoms with Crippen LogP contribution in [0.1, 0.15) is 6.42 Å². The topological polar surface area (TPSA) is 29.1 Å². The molecule has 0 aliphatic heterocycles. The maximum Gasteiger partial charge on any atom is 0.207 e. The molecule has 0 aromatic heterocycles. The summed E-state index contributed by atoms with van der Waals surface area (Å²) < 4.78 is 0. The van der Waals surface area contributed by atoms with Crippen molar-refractivity contribution >= 4 is 22.3 Å². The fraction of sp³-hybridized carbons (Fsp3) is 0.750. The summed E-state index contributed by atoms with van der Waals surface area (Å²) in [6.07, 6.45) is 1.71. The molecule has 0 saturated carbocycles. The van der Waals surface area contributed by atoms with Crippen LogP contribution >= 0.6 is 15.9 Å². The SMILES string of the molecule is O=CNCCCBr. The molecule has 0 aliphatic carbocycles. The largest absolute Gasteiger partial charge is 0.359 e. The highest BCUT2D eigenvalue weighted by Crippen LogP contribution is 1.82. The van der Waals surface area contributed by atoms with Crippen LogP contribution in [0.2, 0.25) is 0 Å². The van der Waals surface area contributed by atoms with E-state index in [1.165, 1.54) is 0 Å². The van der Waals surface area contributed by atoms with Crippen molar-refractivity contribution in [2.45, 2.75) is 6.42 Å². The van der Waals surface area contributed by atoms with Crippen LogP contribution in [0, 0.1) is 0 Å². The molecule has 3 heteroatoms. The van der Waals surface area contributed by atoms with Crippen LogP contribution in [0.3, 0.4) is 0 Å². The molecule has 0 aromatic carbocycles. The van der Waals surface area contributed by atoms with Gasteiger partial charge < -0.3 is 5.32 Å². The number of carbonyl (C=O) groups is 1. The molecule has 0 saturated heterocycles. The molecule has 1 amide bonds. The second-order valence-corrected chi connectivity index (χ2v) is 1.91. The molecule has 0 bridgehead atoms. The van der Waals surface area contributed by atoms with Gasteiger partial charge in [0.2, 0.25) is 6.41 Å². The highest BCUT2D eigenvalue weighted by Gasteiger charge is 1.77. The van der Waals surface area contributed by atoms with Gasteiger partial charge in [0.25, 0.3) is 0 Å². The van der Waals surface area contributed by atoms with Crippen molar-refractivity contribution < 1.29 is 4.79 Å². The Balaban J connectivity index is 2.56. The van der Waals surface area contributed by atoms with E-state index in [1.54, 1.807) is 0 Å². The minimum absolute atomic E-state index is 0.711. The normalized spacial score (nSPS) is 8.14. The lowest BCUT2D eigenvalue weighted by molar-refractivity contribution is -0.109. The van der Waals surface area contributed by atoms with Crippen LogP contribution in [0.15, 0.2) is 0 Å². The average molecular weight is 166 g/mol. The molecular formula is C4H8BrNO. The van der Waals surface area contributed by atoms with Crippen molar-refractivity contribution in [1.82, 2.24) is 5.32 Å². The lowest BCUT2D eigenvalue weighted by atomic mass is 10.5. The molecule has 2 nitrogen and oxygen atoms in total. The van der Waals surface area contributed by atoms with E-state index in [4.69, 9.17) is 0 Å². The van der Waals surface area contributed by atoms with Crippen LogP contribution in [-0.4, -0.2) is 18.3 Å². The molecule has 0 fully saturated rings. The van der Waals surface area contributed by atoms with E-state index in [9.17, 15) is 4.79 Å². The van der Waals surface area contributed by atoms with Crippen molar-refractivity contribution in [1.29, 1.82) is 0 Å². The summed E-state index contributed by atoms with van der Waals surface area (Å²) in [4.78, 5) is 9.55. The average Bonchev–Trinajstić information content (AvgIpc) is 1.69. The maximum absolute atomic E-state index is 9.55. The Morgan fingerprint density at radius 3 is 2.86 bits per heavy atom. The van der Waals surface area contributed by atoms with Gasteiger partial charge in [0.1, 0.15) is 0 Å². The zero-order valence-corrected chi connectivity index (χ0v) is 5.57. The van der Waals surface area contributed by atoms with Gasteiger partial charge in [-0.1, -0.05) is 15.9 Å². The van der Waals surface area contributed by atoms with E-state index >= 15 is 0 Å². The van der Waals surface area contributed by atoms with Crippen LogP contribution in [0.4, 0.5) is 0 Å². The van der Waals surface area contributed by atoms with Crippen LogP contribution in [0.5, 0.6) is 0 Å². The Morgan fingerprint density at radius 2 is 2.43 bits per heavy atom. The fourth-order valence-corrected chi connectivity index (χ4v) is 0.508. The van der Waals surface area contributed by atoms with Crippen LogP contribution in [-0.2, 0) is 4.79 Å². The van der Waals surface area contributed by atoms with Crippen molar-refractivity contribution in [3.8, 4) is 0 Å². The van der Waals surface area contributed by atoms with Crippen molar-refractivity contribution in [2.24, 2.45) is 0 Å². The first-order valence-electron chi connectivity index (χ1n) is 2.15. The molecule has 0 rings (SSSR count). The molecule has 0 aromatic rings. The second kappa shape index (κ2) is 5.95. The summed E-state index contributed by atoms with van der Waals surface area (Å²) in [5, 5.41) is 3.49. The molecule has 0 radical (unpaired) electrons. The molecule has 0 atom stereocenters. The number of carbonyl (C=O) groups excluding carboxylic acids is 1. The number of alkyl halides is 1. The Labute approximate surface area is 51.4 Å². The van der Waals surface area contributed by atoms with Crippen molar-refractivity contribution in [3.05, 3.63) is 0 Å². The minimum atomic E-state index is 0.711. The van der Waals surface area contributed by atoms with Gasteiger partial charge in [0, 0.05) is 11.9 Å². The van der Waals surface area contributed by atoms with Gasteiger partial charge in [-0.25, -0.2) is 0 Å². The Kier molecular flexibility index (Phi) is 5.91. The number of amides is 1. The summed E-state index contributed by atoms with van der Waals surface area (Å²) >= 11 is 3.22. The highest BCUT2D eigenvalue weighted by molar-refractivity contribution is 9.09. The zero-order valence-electron chi connectivity index (χ0n) is 3.98. The van der Waals surface area contributed by atoms with E-state index in [1.807, 2.05) is 0 Å². The Hall–Kier alpha value is -0.0500. The zero-order chi connectivity index (χ0) is 5.54. The molecule has 0 aliphatic rings. The highest BCUT2D eigenvalue weighted by atomic mass is 79.9. The fourth-order valence-electron chi connectivity index (χ4n) is 0.228. The first-order chi connectivity index (χ1) is 3.41. The summed E-state index contributed by atoms with van der Waals surface area (Å²) in [6, 6.07) is 0. The number of halogens is 1. The van der Waals surface area contributed by atoms with Gasteiger partial charge in [0.05, 0.1) is 0 Å². The number of hydrogen-bond donors (Lipinski definition) is 1. The van der Waals surface area contributed by atoms with Crippen LogP contribution in [0.25, 0.3) is 0 Å². The number of nitrogens with one attached hydrogen (secondary N) is 1. The standard InChI is InChI=1S/C4H8BrNO/c5-2-1-3-6-4-7/h4H,1-3H2,(H,6,7). The lowest BCUT2D eigenvalue weighted by Gasteiger charge is -1.89. The lowest BCUT2D eigenvalue weighted by Crippen LogP contribution is -2.11. The predicted molar refractivity (Wildman–Crippen MR) is 32.5 cm³/mol. The third kappa shape index (κ3) is 5.95. The smallest absolute Gasteiger partial charge is 0.207 e. The molecule has 7 heavy (non-hydrogen) atoms. The summed E-state index contributed by atoms with van der Waals surface area (Å²) in [5.74, 6) is 0. The molecule has 0 unspecified atom stereocenters. The third-order valence-electron chi connectivity index (χ3n) is 0.538. The van der Waals surface area contributed by atoms with Crippen molar-refractivity contribution in [2.75, 3.05) is 11.9 Å². The molecule has 1 N–H and O–H groups in total. The van der Waals surface area contributed by atoms with E-state index < -0.39 is 0 Å². The molecule has 0 heterocycles. The molecular weight excluding hydrogens is 158 g/mol. The van der Waals surface area contributed by atoms with Crippen LogP contribution < -0.4 is 5.32 Å². The van der Waals surface area contributed by atoms with Crippen molar-refractivity contribution in [3.63, 3.8) is 0 Å². The first-order valence-corrected chi connectivity index (χ1v) is 3.27. The maximum atomic E-state index is 9.55. The second-order valence-electron chi connectivity index (χ2n) is 1.11. The van der Waals surface area contributed by atoms with Gasteiger partial charge >= 0.3 is 0 Å². The monoisotopic (exact) mass is 165 g/mol. The molecule has 42 valence electrons. The first kappa shape index (κ1) is 6.95. The van der Waals surface area contributed by atoms with Gasteiger partial charge in [-0.15, -0.1) is 0 Å². The van der Waals surface area contributed by atoms with Gasteiger partial charge in [-0.2, -0.15) is 0 Å². The van der Waals surface area contributed by atoms with E-state index in [2.05, 4.69) is 21.2 Å². The summed E-state index contributed by atoms with van der Waals surface area (Å²) in [6.45, 7) is 0.773. The molecule has 0 spiro atoms. The van der Waals surface area contributed by atoms with Gasteiger partial charge in [0.15, 0.2) is 0 Å². The van der Waals surface area contributed by atoms with Gasteiger partial charge in [-0.05, 0) is 6.42 Å². The summed E-state index contributed by atoms with van der Waals surface area (Å²) in [7, 11) is 0. The minimum Gasteiger partial charge on any atom is -0.359 e. The number of rotatable bonds is 4. The third-order valence-corrected chi connectivity index (χ3v) is 1.10. The Morgan fingerprint density at radius 1 is 1.71 bits per heavy atom. The van der Waals surface area contributed by atoms with E-state index in [0.717, 1.165) is 18.3 Å². The number of hydrogen-bond acceptors (Lipinski definition) is 1. The predicted octanol–water partition coefficient (Wildman–Crippen LogP) is 0.517. The summed E-state index contributed by atoms with van der Waals surface area (Å²) in [5.41, 5.74) is 0. The Bertz CT molecular complexity index is 49.0. The van der Waals surface area contributed by atoms with E-state index in [-0.39, 0.29) is 0 Å². The quantitative estimate of drug-likeness (QED) is 0.368. The van der Waals surface area contributed by atoms with E-state index in [0.29, 0.717) is 6.41 Å².